The lowest BCUT2D eigenvalue weighted by atomic mass is 10.1. The molecule has 1 atom stereocenters. The van der Waals surface area contributed by atoms with E-state index >= 15 is 0 Å². The Labute approximate surface area is 112 Å². The minimum atomic E-state index is -1.02. The maximum Gasteiger partial charge on any atom is 0.310 e. The van der Waals surface area contributed by atoms with E-state index in [2.05, 4.69) is 11.9 Å². The number of aliphatic hydroxyl groups excluding tert-OH is 2. The normalized spacial score (nSPS) is 11.7. The smallest absolute Gasteiger partial charge is 0.310 e. The van der Waals surface area contributed by atoms with Gasteiger partial charge < -0.3 is 20.3 Å². The minimum Gasteiger partial charge on any atom is -0.463 e. The Morgan fingerprint density at radius 3 is 2.68 bits per heavy atom. The third-order valence-corrected chi connectivity index (χ3v) is 2.40. The highest BCUT2D eigenvalue weighted by Crippen LogP contribution is 2.10. The average molecular weight is 265 g/mol. The van der Waals surface area contributed by atoms with Gasteiger partial charge in [0.2, 0.25) is 0 Å². The SMILES string of the molecule is C=CCNc1ccc(CC(=O)OCC(O)CO)cc1. The molecule has 0 spiro atoms. The first-order valence-corrected chi connectivity index (χ1v) is 6.04. The lowest BCUT2D eigenvalue weighted by Gasteiger charge is -2.09. The number of anilines is 1. The Morgan fingerprint density at radius 2 is 2.11 bits per heavy atom. The topological polar surface area (TPSA) is 78.8 Å². The number of ether oxygens (including phenoxy) is 1. The summed E-state index contributed by atoms with van der Waals surface area (Å²) in [7, 11) is 0. The van der Waals surface area contributed by atoms with Crippen LogP contribution < -0.4 is 5.32 Å². The van der Waals surface area contributed by atoms with Crippen molar-refractivity contribution in [3.63, 3.8) is 0 Å². The second-order valence-electron chi connectivity index (χ2n) is 4.06. The lowest BCUT2D eigenvalue weighted by Crippen LogP contribution is -2.22. The van der Waals surface area contributed by atoms with Crippen molar-refractivity contribution in [2.45, 2.75) is 12.5 Å². The van der Waals surface area contributed by atoms with Gasteiger partial charge in [0.15, 0.2) is 0 Å². The van der Waals surface area contributed by atoms with Crippen LogP contribution in [-0.4, -0.2) is 42.0 Å². The molecule has 0 aliphatic heterocycles. The summed E-state index contributed by atoms with van der Waals surface area (Å²) in [5, 5.41) is 20.8. The first-order valence-electron chi connectivity index (χ1n) is 6.04. The molecule has 0 saturated heterocycles. The van der Waals surface area contributed by atoms with Gasteiger partial charge in [-0.15, -0.1) is 6.58 Å². The van der Waals surface area contributed by atoms with Gasteiger partial charge in [-0.25, -0.2) is 0 Å². The Bertz CT molecular complexity index is 402. The number of nitrogens with one attached hydrogen (secondary N) is 1. The zero-order chi connectivity index (χ0) is 14.1. The van der Waals surface area contributed by atoms with Gasteiger partial charge in [0, 0.05) is 12.2 Å². The van der Waals surface area contributed by atoms with Crippen molar-refractivity contribution >= 4 is 11.7 Å². The third kappa shape index (κ3) is 6.03. The molecule has 19 heavy (non-hydrogen) atoms. The first kappa shape index (κ1) is 15.2. The fraction of sp³-hybridized carbons (Fsp3) is 0.357. The molecule has 0 fully saturated rings. The van der Waals surface area contributed by atoms with E-state index in [1.54, 1.807) is 6.08 Å². The quantitative estimate of drug-likeness (QED) is 0.477. The van der Waals surface area contributed by atoms with Crippen LogP contribution in [0, 0.1) is 0 Å². The van der Waals surface area contributed by atoms with Crippen LogP contribution in [0.1, 0.15) is 5.56 Å². The molecule has 104 valence electrons. The Hall–Kier alpha value is -1.85. The molecule has 1 aromatic rings. The highest BCUT2D eigenvalue weighted by molar-refractivity contribution is 5.72. The number of esters is 1. The summed E-state index contributed by atoms with van der Waals surface area (Å²) in [6.45, 7) is 3.69. The molecular weight excluding hydrogens is 246 g/mol. The van der Waals surface area contributed by atoms with Crippen LogP contribution >= 0.6 is 0 Å². The molecule has 3 N–H and O–H groups in total. The average Bonchev–Trinajstić information content (AvgIpc) is 2.44. The van der Waals surface area contributed by atoms with E-state index in [4.69, 9.17) is 14.9 Å². The second-order valence-corrected chi connectivity index (χ2v) is 4.06. The van der Waals surface area contributed by atoms with Gasteiger partial charge in [0.05, 0.1) is 13.0 Å². The van der Waals surface area contributed by atoms with Gasteiger partial charge in [-0.2, -0.15) is 0 Å². The van der Waals surface area contributed by atoms with Gasteiger partial charge in [0.1, 0.15) is 12.7 Å². The van der Waals surface area contributed by atoms with Crippen LogP contribution in [-0.2, 0) is 16.0 Å². The van der Waals surface area contributed by atoms with E-state index in [1.807, 2.05) is 24.3 Å². The summed E-state index contributed by atoms with van der Waals surface area (Å²) in [6.07, 6.45) is 0.881. The minimum absolute atomic E-state index is 0.139. The monoisotopic (exact) mass is 265 g/mol. The Kier molecular flexibility index (Phi) is 6.63. The molecule has 5 nitrogen and oxygen atoms in total. The molecule has 0 saturated carbocycles. The molecule has 0 heterocycles. The van der Waals surface area contributed by atoms with Crippen molar-refractivity contribution in [1.82, 2.24) is 0 Å². The van der Waals surface area contributed by atoms with Crippen molar-refractivity contribution < 1.29 is 19.7 Å². The maximum atomic E-state index is 11.4. The maximum absolute atomic E-state index is 11.4. The van der Waals surface area contributed by atoms with Gasteiger partial charge in [-0.05, 0) is 17.7 Å². The summed E-state index contributed by atoms with van der Waals surface area (Å²) in [5.74, 6) is -0.431. The van der Waals surface area contributed by atoms with Crippen LogP contribution in [0.25, 0.3) is 0 Å². The third-order valence-electron chi connectivity index (χ3n) is 2.40. The zero-order valence-corrected chi connectivity index (χ0v) is 10.7. The number of hydrogen-bond donors (Lipinski definition) is 3. The van der Waals surface area contributed by atoms with Crippen molar-refractivity contribution in [2.75, 3.05) is 25.1 Å². The molecule has 0 bridgehead atoms. The number of benzene rings is 1. The van der Waals surface area contributed by atoms with E-state index < -0.39 is 18.7 Å². The van der Waals surface area contributed by atoms with Crippen LogP contribution in [0.2, 0.25) is 0 Å². The van der Waals surface area contributed by atoms with Crippen molar-refractivity contribution in [1.29, 1.82) is 0 Å². The largest absolute Gasteiger partial charge is 0.463 e. The molecule has 1 rings (SSSR count). The molecule has 1 aromatic carbocycles. The second kappa shape index (κ2) is 8.29. The van der Waals surface area contributed by atoms with Crippen LogP contribution in [0.5, 0.6) is 0 Å². The van der Waals surface area contributed by atoms with E-state index in [9.17, 15) is 4.79 Å². The molecule has 0 aromatic heterocycles. The van der Waals surface area contributed by atoms with Crippen LogP contribution in [0.3, 0.4) is 0 Å². The standard InChI is InChI=1S/C14H19NO4/c1-2-7-15-12-5-3-11(4-6-12)8-14(18)19-10-13(17)9-16/h2-6,13,15-17H,1,7-10H2. The predicted octanol–water partition coefficient (Wildman–Crippen LogP) is 0.723. The zero-order valence-electron chi connectivity index (χ0n) is 10.7. The van der Waals surface area contributed by atoms with E-state index in [-0.39, 0.29) is 13.0 Å². The fourth-order valence-electron chi connectivity index (χ4n) is 1.39. The molecular formula is C14H19NO4. The fourth-order valence-corrected chi connectivity index (χ4v) is 1.39. The van der Waals surface area contributed by atoms with Gasteiger partial charge >= 0.3 is 5.97 Å². The first-order chi connectivity index (χ1) is 9.15. The number of carbonyl (C=O) groups excluding carboxylic acids is 1. The van der Waals surface area contributed by atoms with E-state index in [0.29, 0.717) is 6.54 Å². The number of aliphatic hydroxyl groups is 2. The van der Waals surface area contributed by atoms with E-state index in [0.717, 1.165) is 11.3 Å². The highest BCUT2D eigenvalue weighted by atomic mass is 16.5. The summed E-state index contributed by atoms with van der Waals surface area (Å²) < 4.78 is 4.82. The van der Waals surface area contributed by atoms with Crippen LogP contribution in [0.4, 0.5) is 5.69 Å². The van der Waals surface area contributed by atoms with Crippen molar-refractivity contribution in [3.05, 3.63) is 42.5 Å². The number of rotatable bonds is 8. The Morgan fingerprint density at radius 1 is 1.42 bits per heavy atom. The Balaban J connectivity index is 2.39. The summed E-state index contributed by atoms with van der Waals surface area (Å²) >= 11 is 0. The molecule has 0 radical (unpaired) electrons. The summed E-state index contributed by atoms with van der Waals surface area (Å²) in [5.41, 5.74) is 1.78. The van der Waals surface area contributed by atoms with Gasteiger partial charge in [-0.1, -0.05) is 18.2 Å². The summed E-state index contributed by atoms with van der Waals surface area (Å²) in [6, 6.07) is 7.40. The molecule has 0 aliphatic rings. The van der Waals surface area contributed by atoms with Gasteiger partial charge in [0.25, 0.3) is 0 Å². The van der Waals surface area contributed by atoms with Crippen LogP contribution in [0.15, 0.2) is 36.9 Å². The van der Waals surface area contributed by atoms with E-state index in [1.165, 1.54) is 0 Å². The lowest BCUT2D eigenvalue weighted by molar-refractivity contribution is -0.146. The number of hydrogen-bond acceptors (Lipinski definition) is 5. The molecule has 0 amide bonds. The van der Waals surface area contributed by atoms with Crippen molar-refractivity contribution in [3.8, 4) is 0 Å². The molecule has 5 heteroatoms. The van der Waals surface area contributed by atoms with Gasteiger partial charge in [-0.3, -0.25) is 4.79 Å². The van der Waals surface area contributed by atoms with Crippen molar-refractivity contribution in [2.24, 2.45) is 0 Å². The molecule has 0 aliphatic carbocycles. The predicted molar refractivity (Wildman–Crippen MR) is 72.9 cm³/mol. The molecule has 1 unspecified atom stereocenters. The highest BCUT2D eigenvalue weighted by Gasteiger charge is 2.08. The number of carbonyl (C=O) groups is 1. The summed E-state index contributed by atoms with van der Waals surface area (Å²) in [4.78, 5) is 11.4.